The smallest absolute Gasteiger partial charge is 0.246 e. The van der Waals surface area contributed by atoms with Crippen LogP contribution >= 0.6 is 11.6 Å². The van der Waals surface area contributed by atoms with Crippen molar-refractivity contribution >= 4 is 23.2 Å². The van der Waals surface area contributed by atoms with E-state index >= 15 is 0 Å². The molecule has 5 nitrogen and oxygen atoms in total. The van der Waals surface area contributed by atoms with Gasteiger partial charge in [0.15, 0.2) is 0 Å². The number of amides is 1. The van der Waals surface area contributed by atoms with Gasteiger partial charge in [-0.15, -0.1) is 0 Å². The molecule has 1 aromatic heterocycles. The lowest BCUT2D eigenvalue weighted by Crippen LogP contribution is -2.20. The third kappa shape index (κ3) is 3.51. The van der Waals surface area contributed by atoms with E-state index in [1.165, 1.54) is 6.20 Å². The summed E-state index contributed by atoms with van der Waals surface area (Å²) in [6.07, 6.45) is 1.53. The number of nitrogens with one attached hydrogen (secondary N) is 1. The normalized spacial score (nSPS) is 10.3. The monoisotopic (exact) mass is 293 g/mol. The maximum absolute atomic E-state index is 11.9. The first-order chi connectivity index (χ1) is 9.60. The van der Waals surface area contributed by atoms with Crippen molar-refractivity contribution in [3.8, 4) is 5.75 Å². The Kier molecular flexibility index (Phi) is 4.63. The standard InChI is InChI=1S/C14H16ClN3O2/c1-3-20-12-6-4-11(5-7-12)17-14(19)9-18-10(2)13(15)8-16-18/h4-8H,3,9H2,1-2H3,(H,17,19). The van der Waals surface area contributed by atoms with Crippen LogP contribution in [0.5, 0.6) is 5.75 Å². The summed E-state index contributed by atoms with van der Waals surface area (Å²) in [5.74, 6) is 0.622. The fourth-order valence-corrected chi connectivity index (χ4v) is 1.86. The Hall–Kier alpha value is -2.01. The van der Waals surface area contributed by atoms with Gasteiger partial charge in [-0.25, -0.2) is 0 Å². The molecule has 1 N–H and O–H groups in total. The van der Waals surface area contributed by atoms with Crippen LogP contribution in [0.4, 0.5) is 5.69 Å². The molecule has 2 aromatic rings. The SMILES string of the molecule is CCOc1ccc(NC(=O)Cn2ncc(Cl)c2C)cc1. The number of benzene rings is 1. The lowest BCUT2D eigenvalue weighted by molar-refractivity contribution is -0.116. The second kappa shape index (κ2) is 6.43. The Morgan fingerprint density at radius 2 is 2.10 bits per heavy atom. The Morgan fingerprint density at radius 1 is 1.40 bits per heavy atom. The van der Waals surface area contributed by atoms with Crippen LogP contribution in [-0.2, 0) is 11.3 Å². The number of hydrogen-bond acceptors (Lipinski definition) is 3. The Bertz CT molecular complexity index is 593. The van der Waals surface area contributed by atoms with Gasteiger partial charge in [-0.1, -0.05) is 11.6 Å². The quantitative estimate of drug-likeness (QED) is 0.922. The second-order valence-electron chi connectivity index (χ2n) is 4.24. The summed E-state index contributed by atoms with van der Waals surface area (Å²) in [7, 11) is 0. The number of carbonyl (C=O) groups is 1. The molecule has 0 aliphatic carbocycles. The number of halogens is 1. The molecule has 0 saturated heterocycles. The molecule has 20 heavy (non-hydrogen) atoms. The van der Waals surface area contributed by atoms with E-state index in [0.29, 0.717) is 17.3 Å². The molecule has 6 heteroatoms. The maximum Gasteiger partial charge on any atom is 0.246 e. The highest BCUT2D eigenvalue weighted by molar-refractivity contribution is 6.31. The largest absolute Gasteiger partial charge is 0.494 e. The predicted octanol–water partition coefficient (Wildman–Crippen LogP) is 2.88. The molecule has 106 valence electrons. The molecule has 0 bridgehead atoms. The molecule has 2 rings (SSSR count). The van der Waals surface area contributed by atoms with Gasteiger partial charge in [-0.3, -0.25) is 9.48 Å². The molecule has 0 fully saturated rings. The Morgan fingerprint density at radius 3 is 2.65 bits per heavy atom. The minimum Gasteiger partial charge on any atom is -0.494 e. The number of anilines is 1. The van der Waals surface area contributed by atoms with Gasteiger partial charge < -0.3 is 10.1 Å². The van der Waals surface area contributed by atoms with E-state index in [1.807, 2.05) is 26.0 Å². The van der Waals surface area contributed by atoms with Crippen molar-refractivity contribution in [2.24, 2.45) is 0 Å². The van der Waals surface area contributed by atoms with Crippen LogP contribution in [0.2, 0.25) is 5.02 Å². The van der Waals surface area contributed by atoms with Crippen LogP contribution in [0, 0.1) is 6.92 Å². The van der Waals surface area contributed by atoms with E-state index in [2.05, 4.69) is 10.4 Å². The molecule has 1 heterocycles. The molecule has 0 saturated carbocycles. The highest BCUT2D eigenvalue weighted by Crippen LogP contribution is 2.16. The van der Waals surface area contributed by atoms with Gasteiger partial charge in [0, 0.05) is 5.69 Å². The van der Waals surface area contributed by atoms with E-state index in [-0.39, 0.29) is 12.5 Å². The first-order valence-electron chi connectivity index (χ1n) is 6.30. The lowest BCUT2D eigenvalue weighted by atomic mass is 10.3. The molecule has 0 atom stereocenters. The van der Waals surface area contributed by atoms with E-state index in [4.69, 9.17) is 16.3 Å². The van der Waals surface area contributed by atoms with Crippen molar-refractivity contribution in [2.45, 2.75) is 20.4 Å². The number of rotatable bonds is 5. The zero-order valence-corrected chi connectivity index (χ0v) is 12.1. The van der Waals surface area contributed by atoms with Crippen molar-refractivity contribution in [3.63, 3.8) is 0 Å². The minimum atomic E-state index is -0.156. The average molecular weight is 294 g/mol. The van der Waals surface area contributed by atoms with Crippen LogP contribution in [0.15, 0.2) is 30.5 Å². The topological polar surface area (TPSA) is 56.1 Å². The number of carbonyl (C=O) groups excluding carboxylic acids is 1. The second-order valence-corrected chi connectivity index (χ2v) is 4.65. The number of nitrogens with zero attached hydrogens (tertiary/aromatic N) is 2. The first-order valence-corrected chi connectivity index (χ1v) is 6.68. The zero-order chi connectivity index (χ0) is 14.5. The van der Waals surface area contributed by atoms with Crippen molar-refractivity contribution in [1.82, 2.24) is 9.78 Å². The van der Waals surface area contributed by atoms with Crippen molar-refractivity contribution in [3.05, 3.63) is 41.2 Å². The van der Waals surface area contributed by atoms with Gasteiger partial charge in [-0.05, 0) is 38.1 Å². The third-order valence-electron chi connectivity index (χ3n) is 2.79. The summed E-state index contributed by atoms with van der Waals surface area (Å²) >= 11 is 5.89. The van der Waals surface area contributed by atoms with Gasteiger partial charge in [0.05, 0.1) is 23.5 Å². The molecule has 1 aromatic carbocycles. The lowest BCUT2D eigenvalue weighted by Gasteiger charge is -2.08. The van der Waals surface area contributed by atoms with Gasteiger partial charge >= 0.3 is 0 Å². The third-order valence-corrected chi connectivity index (χ3v) is 3.16. The maximum atomic E-state index is 11.9. The number of hydrogen-bond donors (Lipinski definition) is 1. The fourth-order valence-electron chi connectivity index (χ4n) is 1.72. The van der Waals surface area contributed by atoms with Gasteiger partial charge in [0.25, 0.3) is 0 Å². The molecule has 0 unspecified atom stereocenters. The molecule has 0 aliphatic rings. The average Bonchev–Trinajstić information content (AvgIpc) is 2.73. The van der Waals surface area contributed by atoms with Crippen LogP contribution in [0.3, 0.4) is 0 Å². The van der Waals surface area contributed by atoms with E-state index in [9.17, 15) is 4.79 Å². The van der Waals surface area contributed by atoms with Crippen LogP contribution in [0.25, 0.3) is 0 Å². The molecule has 1 amide bonds. The Labute approximate surface area is 122 Å². The Balaban J connectivity index is 1.96. The minimum absolute atomic E-state index is 0.131. The van der Waals surface area contributed by atoms with Crippen molar-refractivity contribution in [1.29, 1.82) is 0 Å². The predicted molar refractivity (Wildman–Crippen MR) is 78.2 cm³/mol. The highest BCUT2D eigenvalue weighted by atomic mass is 35.5. The first kappa shape index (κ1) is 14.4. The van der Waals surface area contributed by atoms with Crippen molar-refractivity contribution in [2.75, 3.05) is 11.9 Å². The summed E-state index contributed by atoms with van der Waals surface area (Å²) in [6.45, 7) is 4.49. The van der Waals surface area contributed by atoms with Gasteiger partial charge in [0.2, 0.25) is 5.91 Å². The molecule has 0 aliphatic heterocycles. The van der Waals surface area contributed by atoms with Gasteiger partial charge in [0.1, 0.15) is 12.3 Å². The summed E-state index contributed by atoms with van der Waals surface area (Å²) < 4.78 is 6.90. The van der Waals surface area contributed by atoms with Crippen LogP contribution in [0.1, 0.15) is 12.6 Å². The summed E-state index contributed by atoms with van der Waals surface area (Å²) in [5.41, 5.74) is 1.49. The van der Waals surface area contributed by atoms with Crippen molar-refractivity contribution < 1.29 is 9.53 Å². The number of ether oxygens (including phenoxy) is 1. The van der Waals surface area contributed by atoms with E-state index < -0.39 is 0 Å². The van der Waals surface area contributed by atoms with E-state index in [0.717, 1.165) is 11.4 Å². The fraction of sp³-hybridized carbons (Fsp3) is 0.286. The molecule has 0 radical (unpaired) electrons. The number of aromatic nitrogens is 2. The summed E-state index contributed by atoms with van der Waals surface area (Å²) in [5, 5.41) is 7.39. The van der Waals surface area contributed by atoms with Crippen LogP contribution < -0.4 is 10.1 Å². The molecular formula is C14H16ClN3O2. The summed E-state index contributed by atoms with van der Waals surface area (Å²) in [4.78, 5) is 11.9. The van der Waals surface area contributed by atoms with Gasteiger partial charge in [-0.2, -0.15) is 5.10 Å². The van der Waals surface area contributed by atoms with Crippen LogP contribution in [-0.4, -0.2) is 22.3 Å². The van der Waals surface area contributed by atoms with E-state index in [1.54, 1.807) is 16.8 Å². The molecule has 0 spiro atoms. The zero-order valence-electron chi connectivity index (χ0n) is 11.4. The highest BCUT2D eigenvalue weighted by Gasteiger charge is 2.09. The molecular weight excluding hydrogens is 278 g/mol. The summed E-state index contributed by atoms with van der Waals surface area (Å²) in [6, 6.07) is 7.22.